The number of hydrogen-bond donors (Lipinski definition) is 1. The third kappa shape index (κ3) is 7.72. The second kappa shape index (κ2) is 6.84. The van der Waals surface area contributed by atoms with E-state index in [0.29, 0.717) is 32.8 Å². The first-order chi connectivity index (χ1) is 6.12. The Kier molecular flexibility index (Phi) is 6.51. The van der Waals surface area contributed by atoms with Gasteiger partial charge < -0.3 is 15.2 Å². The lowest BCUT2D eigenvalue weighted by molar-refractivity contribution is 0.0486. The van der Waals surface area contributed by atoms with Crippen LogP contribution in [0.15, 0.2) is 0 Å². The molecule has 2 N–H and O–H groups in total. The molecular weight excluding hydrogens is 168 g/mol. The maximum Gasteiger partial charge on any atom is 0.103 e. The van der Waals surface area contributed by atoms with Crippen molar-refractivity contribution >= 4 is 0 Å². The molecule has 0 aromatic carbocycles. The summed E-state index contributed by atoms with van der Waals surface area (Å²) < 4.78 is 10.3. The van der Waals surface area contributed by atoms with Gasteiger partial charge in [-0.25, -0.2) is 0 Å². The molecule has 0 heterocycles. The monoisotopic (exact) mass is 186 g/mol. The summed E-state index contributed by atoms with van der Waals surface area (Å²) >= 11 is 0. The molecule has 0 aliphatic heterocycles. The predicted octanol–water partition coefficient (Wildman–Crippen LogP) is 0.671. The zero-order chi connectivity index (χ0) is 10.2. The normalized spacial score (nSPS) is 14.9. The third-order valence-corrected chi connectivity index (χ3v) is 1.60. The summed E-state index contributed by atoms with van der Waals surface area (Å²) in [5.74, 6) is 0. The van der Waals surface area contributed by atoms with E-state index in [1.54, 1.807) is 6.92 Å². The Labute approximate surface area is 79.6 Å². The summed E-state index contributed by atoms with van der Waals surface area (Å²) in [4.78, 5) is 0. The summed E-state index contributed by atoms with van der Waals surface area (Å²) in [7, 11) is 0. The van der Waals surface area contributed by atoms with Crippen LogP contribution >= 0.6 is 0 Å². The van der Waals surface area contributed by atoms with Gasteiger partial charge in [0.05, 0.1) is 19.3 Å². The van der Waals surface area contributed by atoms with E-state index in [4.69, 9.17) is 20.5 Å². The number of ether oxygens (including phenoxy) is 2. The molecule has 0 saturated heterocycles. The second-order valence-electron chi connectivity index (χ2n) is 3.09. The summed E-state index contributed by atoms with van der Waals surface area (Å²) in [5.41, 5.74) is 4.81. The van der Waals surface area contributed by atoms with Gasteiger partial charge in [0.15, 0.2) is 0 Å². The van der Waals surface area contributed by atoms with E-state index in [2.05, 4.69) is 0 Å². The number of nitrogens with zero attached hydrogens (tertiary/aromatic N) is 1. The molecule has 0 aliphatic rings. The molecule has 0 aliphatic carbocycles. The van der Waals surface area contributed by atoms with Crippen LogP contribution in [0, 0.1) is 11.3 Å². The van der Waals surface area contributed by atoms with Crippen molar-refractivity contribution < 1.29 is 9.47 Å². The Morgan fingerprint density at radius 1 is 1.31 bits per heavy atom. The number of hydrogen-bond acceptors (Lipinski definition) is 4. The van der Waals surface area contributed by atoms with Gasteiger partial charge in [-0.3, -0.25) is 0 Å². The molecule has 4 heteroatoms. The fourth-order valence-corrected chi connectivity index (χ4v) is 0.704. The molecule has 1 unspecified atom stereocenters. The summed E-state index contributed by atoms with van der Waals surface area (Å²) in [6.45, 7) is 6.01. The number of rotatable bonds is 7. The van der Waals surface area contributed by atoms with Crippen LogP contribution < -0.4 is 5.73 Å². The smallest absolute Gasteiger partial charge is 0.103 e. The summed E-state index contributed by atoms with van der Waals surface area (Å²) in [6, 6.07) is 2.01. The fourth-order valence-electron chi connectivity index (χ4n) is 0.704. The molecule has 0 saturated carbocycles. The van der Waals surface area contributed by atoms with E-state index in [1.807, 2.05) is 13.0 Å². The minimum atomic E-state index is -0.772. The molecule has 0 bridgehead atoms. The topological polar surface area (TPSA) is 68.3 Å². The lowest BCUT2D eigenvalue weighted by Crippen LogP contribution is -2.35. The lowest BCUT2D eigenvalue weighted by Gasteiger charge is -2.14. The van der Waals surface area contributed by atoms with Crippen molar-refractivity contribution in [1.29, 1.82) is 5.26 Å². The van der Waals surface area contributed by atoms with Gasteiger partial charge in [-0.1, -0.05) is 0 Å². The van der Waals surface area contributed by atoms with Crippen molar-refractivity contribution in [1.82, 2.24) is 0 Å². The quantitative estimate of drug-likeness (QED) is 0.593. The zero-order valence-electron chi connectivity index (χ0n) is 8.38. The van der Waals surface area contributed by atoms with Gasteiger partial charge in [0, 0.05) is 19.6 Å². The van der Waals surface area contributed by atoms with E-state index in [9.17, 15) is 0 Å². The predicted molar refractivity (Wildman–Crippen MR) is 50.1 cm³/mol. The van der Waals surface area contributed by atoms with Gasteiger partial charge >= 0.3 is 0 Å². The van der Waals surface area contributed by atoms with Gasteiger partial charge in [-0.2, -0.15) is 5.26 Å². The van der Waals surface area contributed by atoms with Crippen LogP contribution in [0.5, 0.6) is 0 Å². The Morgan fingerprint density at radius 3 is 2.46 bits per heavy atom. The van der Waals surface area contributed by atoms with E-state index in [1.165, 1.54) is 0 Å². The molecule has 0 radical (unpaired) electrons. The van der Waals surface area contributed by atoms with Crippen molar-refractivity contribution in [2.24, 2.45) is 5.73 Å². The Bertz CT molecular complexity index is 163. The van der Waals surface area contributed by atoms with E-state index < -0.39 is 5.54 Å². The van der Waals surface area contributed by atoms with Crippen molar-refractivity contribution in [3.05, 3.63) is 0 Å². The standard InChI is InChI=1S/C9H18N2O2/c1-3-12-6-7-13-5-4-9(2,11)8-10/h3-7,11H2,1-2H3. The first-order valence-electron chi connectivity index (χ1n) is 4.48. The highest BCUT2D eigenvalue weighted by Crippen LogP contribution is 2.02. The molecule has 13 heavy (non-hydrogen) atoms. The molecule has 76 valence electrons. The van der Waals surface area contributed by atoms with Crippen molar-refractivity contribution in [2.75, 3.05) is 26.4 Å². The molecule has 0 amide bonds. The van der Waals surface area contributed by atoms with Gasteiger partial charge in [0.25, 0.3) is 0 Å². The fraction of sp³-hybridized carbons (Fsp3) is 0.889. The van der Waals surface area contributed by atoms with Crippen molar-refractivity contribution in [3.8, 4) is 6.07 Å². The third-order valence-electron chi connectivity index (χ3n) is 1.60. The Hall–Kier alpha value is -0.630. The highest BCUT2D eigenvalue weighted by Gasteiger charge is 2.15. The molecule has 4 nitrogen and oxygen atoms in total. The maximum atomic E-state index is 8.58. The minimum Gasteiger partial charge on any atom is -0.379 e. The maximum absolute atomic E-state index is 8.58. The Balaban J connectivity index is 3.22. The molecule has 0 aromatic heterocycles. The average molecular weight is 186 g/mol. The molecule has 0 fully saturated rings. The largest absolute Gasteiger partial charge is 0.379 e. The van der Waals surface area contributed by atoms with Crippen molar-refractivity contribution in [2.45, 2.75) is 25.8 Å². The van der Waals surface area contributed by atoms with Crippen LogP contribution in [0.2, 0.25) is 0 Å². The van der Waals surface area contributed by atoms with Crippen LogP contribution in [-0.4, -0.2) is 32.0 Å². The average Bonchev–Trinajstić information content (AvgIpc) is 2.11. The molecule has 0 aromatic rings. The van der Waals surface area contributed by atoms with Crippen molar-refractivity contribution in [3.63, 3.8) is 0 Å². The van der Waals surface area contributed by atoms with Gasteiger partial charge in [-0.05, 0) is 13.8 Å². The van der Waals surface area contributed by atoms with Crippen LogP contribution in [0.4, 0.5) is 0 Å². The van der Waals surface area contributed by atoms with Gasteiger partial charge in [-0.15, -0.1) is 0 Å². The van der Waals surface area contributed by atoms with Crippen LogP contribution in [0.1, 0.15) is 20.3 Å². The highest BCUT2D eigenvalue weighted by molar-refractivity contribution is 5.00. The van der Waals surface area contributed by atoms with Crippen LogP contribution in [0.3, 0.4) is 0 Å². The van der Waals surface area contributed by atoms with E-state index >= 15 is 0 Å². The van der Waals surface area contributed by atoms with Gasteiger partial charge in [0.2, 0.25) is 0 Å². The zero-order valence-corrected chi connectivity index (χ0v) is 8.38. The summed E-state index contributed by atoms with van der Waals surface area (Å²) in [5, 5.41) is 8.58. The highest BCUT2D eigenvalue weighted by atomic mass is 16.5. The minimum absolute atomic E-state index is 0.508. The first kappa shape index (κ1) is 12.4. The van der Waals surface area contributed by atoms with Gasteiger partial charge in [0.1, 0.15) is 5.54 Å². The number of nitriles is 1. The molecule has 0 rings (SSSR count). The number of nitrogens with two attached hydrogens (primary N) is 1. The molecule has 0 spiro atoms. The summed E-state index contributed by atoms with van der Waals surface area (Å²) in [6.07, 6.45) is 0.551. The first-order valence-corrected chi connectivity index (χ1v) is 4.48. The van der Waals surface area contributed by atoms with E-state index in [0.717, 1.165) is 0 Å². The SMILES string of the molecule is CCOCCOCCC(C)(N)C#N. The second-order valence-corrected chi connectivity index (χ2v) is 3.09. The molecular formula is C9H18N2O2. The van der Waals surface area contributed by atoms with E-state index in [-0.39, 0.29) is 0 Å². The lowest BCUT2D eigenvalue weighted by atomic mass is 10.0. The molecule has 1 atom stereocenters. The van der Waals surface area contributed by atoms with Crippen LogP contribution in [-0.2, 0) is 9.47 Å². The Morgan fingerprint density at radius 2 is 1.92 bits per heavy atom. The van der Waals surface area contributed by atoms with Crippen LogP contribution in [0.25, 0.3) is 0 Å².